The second-order valence-electron chi connectivity index (χ2n) is 8.11. The van der Waals surface area contributed by atoms with Gasteiger partial charge in [-0.1, -0.05) is 30.7 Å². The molecule has 1 unspecified atom stereocenters. The van der Waals surface area contributed by atoms with Crippen molar-refractivity contribution in [3.8, 4) is 0 Å². The van der Waals surface area contributed by atoms with E-state index in [1.807, 2.05) is 0 Å². The van der Waals surface area contributed by atoms with Gasteiger partial charge in [-0.25, -0.2) is 8.78 Å². The zero-order chi connectivity index (χ0) is 22.9. The van der Waals surface area contributed by atoms with Crippen LogP contribution in [0.5, 0.6) is 0 Å². The maximum Gasteiger partial charge on any atom is 0.323 e. The van der Waals surface area contributed by atoms with Gasteiger partial charge in [0.05, 0.1) is 6.61 Å². The van der Waals surface area contributed by atoms with Crippen LogP contribution in [0.25, 0.3) is 0 Å². The van der Waals surface area contributed by atoms with Gasteiger partial charge >= 0.3 is 5.97 Å². The van der Waals surface area contributed by atoms with Crippen molar-refractivity contribution in [3.63, 3.8) is 0 Å². The fourth-order valence-corrected chi connectivity index (χ4v) is 4.12. The number of unbranched alkanes of at least 4 members (excludes halogenated alkanes) is 1. The van der Waals surface area contributed by atoms with Crippen molar-refractivity contribution < 1.29 is 23.1 Å². The minimum Gasteiger partial charge on any atom is -0.465 e. The lowest BCUT2D eigenvalue weighted by Gasteiger charge is -2.18. The molecule has 2 aromatic carbocycles. The average Bonchev–Trinajstić information content (AvgIpc) is 3.24. The first kappa shape index (κ1) is 23.9. The molecule has 0 radical (unpaired) electrons. The van der Waals surface area contributed by atoms with Gasteiger partial charge in [0.2, 0.25) is 5.91 Å². The molecule has 0 bridgehead atoms. The van der Waals surface area contributed by atoms with Crippen LogP contribution in [0.15, 0.2) is 48.5 Å². The number of amides is 1. The summed E-state index contributed by atoms with van der Waals surface area (Å²) < 4.78 is 31.7. The third kappa shape index (κ3) is 6.85. The van der Waals surface area contributed by atoms with Gasteiger partial charge in [0, 0.05) is 24.9 Å². The van der Waals surface area contributed by atoms with Gasteiger partial charge in [0.1, 0.15) is 17.7 Å². The number of esters is 1. The van der Waals surface area contributed by atoms with E-state index in [0.29, 0.717) is 32.4 Å². The number of carbonyl (C=O) groups is 2. The van der Waals surface area contributed by atoms with Crippen molar-refractivity contribution in [2.45, 2.75) is 57.0 Å². The molecule has 3 rings (SSSR count). The summed E-state index contributed by atoms with van der Waals surface area (Å²) in [6.45, 7) is 2.65. The van der Waals surface area contributed by atoms with Crippen LogP contribution < -0.4 is 10.6 Å². The quantitative estimate of drug-likeness (QED) is 0.428. The van der Waals surface area contributed by atoms with E-state index >= 15 is 0 Å². The van der Waals surface area contributed by atoms with Gasteiger partial charge in [-0.2, -0.15) is 0 Å². The van der Waals surface area contributed by atoms with Gasteiger partial charge in [-0.3, -0.25) is 9.59 Å². The Kier molecular flexibility index (Phi) is 8.73. The lowest BCUT2D eigenvalue weighted by Crippen LogP contribution is -2.36. The maximum absolute atomic E-state index is 13.4. The number of carbonyl (C=O) groups excluding carboxylic acids is 2. The van der Waals surface area contributed by atoms with E-state index in [0.717, 1.165) is 24.0 Å². The maximum atomic E-state index is 13.4. The Labute approximate surface area is 187 Å². The monoisotopic (exact) mass is 444 g/mol. The summed E-state index contributed by atoms with van der Waals surface area (Å²) in [5, 5.41) is 6.06. The molecule has 172 valence electrons. The summed E-state index contributed by atoms with van der Waals surface area (Å²) in [6.07, 6.45) is 3.18. The van der Waals surface area contributed by atoms with Crippen LogP contribution in [0.2, 0.25) is 0 Å². The zero-order valence-corrected chi connectivity index (χ0v) is 18.3. The van der Waals surface area contributed by atoms with E-state index in [1.54, 1.807) is 31.2 Å². The fraction of sp³-hybridized carbons (Fsp3) is 0.440. The molecule has 1 amide bonds. The smallest absolute Gasteiger partial charge is 0.323 e. The molecule has 0 spiro atoms. The Bertz CT molecular complexity index is 842. The van der Waals surface area contributed by atoms with Gasteiger partial charge in [-0.05, 0) is 61.6 Å². The minimum absolute atomic E-state index is 0.00336. The highest BCUT2D eigenvalue weighted by Gasteiger charge is 2.31. The largest absolute Gasteiger partial charge is 0.465 e. The summed E-state index contributed by atoms with van der Waals surface area (Å²) in [6, 6.07) is 12.3. The SMILES string of the molecule is CCOC(=O)C1C[C@H](NC(=O)CCCCC(c2ccc(F)cc2)c2ccc(F)cc2)CN1. The summed E-state index contributed by atoms with van der Waals surface area (Å²) in [7, 11) is 0. The molecule has 7 heteroatoms. The Hall–Kier alpha value is -2.80. The highest BCUT2D eigenvalue weighted by molar-refractivity contribution is 5.78. The van der Waals surface area contributed by atoms with Gasteiger partial charge in [-0.15, -0.1) is 0 Å². The van der Waals surface area contributed by atoms with Crippen LogP contribution in [-0.4, -0.2) is 37.1 Å². The van der Waals surface area contributed by atoms with Crippen molar-refractivity contribution in [1.29, 1.82) is 0 Å². The van der Waals surface area contributed by atoms with E-state index in [2.05, 4.69) is 10.6 Å². The molecule has 2 atom stereocenters. The van der Waals surface area contributed by atoms with Crippen LogP contribution in [0.1, 0.15) is 56.1 Å². The average molecular weight is 445 g/mol. The molecule has 1 saturated heterocycles. The van der Waals surface area contributed by atoms with Gasteiger partial charge in [0.25, 0.3) is 0 Å². The molecule has 5 nitrogen and oxygen atoms in total. The van der Waals surface area contributed by atoms with E-state index < -0.39 is 0 Å². The number of ether oxygens (including phenoxy) is 1. The molecule has 2 N–H and O–H groups in total. The van der Waals surface area contributed by atoms with Crippen LogP contribution in [0.3, 0.4) is 0 Å². The molecular formula is C25H30F2N2O3. The van der Waals surface area contributed by atoms with Crippen LogP contribution in [0, 0.1) is 11.6 Å². The Morgan fingerprint density at radius 3 is 2.19 bits per heavy atom. The second-order valence-corrected chi connectivity index (χ2v) is 8.11. The Balaban J connectivity index is 1.47. The second kappa shape index (κ2) is 11.7. The van der Waals surface area contributed by atoms with Crippen LogP contribution >= 0.6 is 0 Å². The highest BCUT2D eigenvalue weighted by Crippen LogP contribution is 2.30. The Morgan fingerprint density at radius 1 is 1.03 bits per heavy atom. The van der Waals surface area contributed by atoms with Crippen molar-refractivity contribution in [2.75, 3.05) is 13.2 Å². The van der Waals surface area contributed by atoms with Crippen molar-refractivity contribution >= 4 is 11.9 Å². The standard InChI is InChI=1S/C25H30F2N2O3/c1-2-32-25(31)23-15-21(16-28-23)29-24(30)6-4-3-5-22(17-7-11-19(26)12-8-17)18-9-13-20(27)14-10-18/h7-14,21-23,28H,2-6,15-16H2,1H3,(H,29,30)/t21-,23?/m0/s1. The molecule has 0 aromatic heterocycles. The first-order chi connectivity index (χ1) is 15.5. The van der Waals surface area contributed by atoms with E-state index in [4.69, 9.17) is 4.74 Å². The van der Waals surface area contributed by atoms with Crippen molar-refractivity contribution in [2.24, 2.45) is 0 Å². The van der Waals surface area contributed by atoms with Crippen LogP contribution in [0.4, 0.5) is 8.78 Å². The van der Waals surface area contributed by atoms with Crippen LogP contribution in [-0.2, 0) is 14.3 Å². The molecule has 1 heterocycles. The topological polar surface area (TPSA) is 67.4 Å². The number of hydrogen-bond donors (Lipinski definition) is 2. The number of halogens is 2. The molecule has 2 aromatic rings. The van der Waals surface area contributed by atoms with E-state index in [9.17, 15) is 18.4 Å². The lowest BCUT2D eigenvalue weighted by atomic mass is 9.87. The molecule has 0 aliphatic carbocycles. The molecular weight excluding hydrogens is 414 g/mol. The summed E-state index contributed by atoms with van der Waals surface area (Å²) in [5.41, 5.74) is 1.92. The third-order valence-corrected chi connectivity index (χ3v) is 5.76. The molecule has 32 heavy (non-hydrogen) atoms. The number of benzene rings is 2. The van der Waals surface area contributed by atoms with E-state index in [1.165, 1.54) is 24.3 Å². The predicted molar refractivity (Wildman–Crippen MR) is 118 cm³/mol. The first-order valence-corrected chi connectivity index (χ1v) is 11.2. The van der Waals surface area contributed by atoms with Crippen molar-refractivity contribution in [3.05, 3.63) is 71.3 Å². The number of rotatable bonds is 10. The zero-order valence-electron chi connectivity index (χ0n) is 18.3. The lowest BCUT2D eigenvalue weighted by molar-refractivity contribution is -0.145. The summed E-state index contributed by atoms with van der Waals surface area (Å²) in [5.74, 6) is -0.910. The normalized spacial score (nSPS) is 18.0. The fourth-order valence-electron chi connectivity index (χ4n) is 4.12. The molecule has 1 aliphatic heterocycles. The van der Waals surface area contributed by atoms with E-state index in [-0.39, 0.29) is 41.5 Å². The molecule has 0 saturated carbocycles. The number of hydrogen-bond acceptors (Lipinski definition) is 4. The number of nitrogens with one attached hydrogen (secondary N) is 2. The molecule has 1 fully saturated rings. The first-order valence-electron chi connectivity index (χ1n) is 11.2. The molecule has 1 aliphatic rings. The highest BCUT2D eigenvalue weighted by atomic mass is 19.1. The summed E-state index contributed by atoms with van der Waals surface area (Å²) in [4.78, 5) is 24.1. The summed E-state index contributed by atoms with van der Waals surface area (Å²) >= 11 is 0. The predicted octanol–water partition coefficient (Wildman–Crippen LogP) is 4.07. The third-order valence-electron chi connectivity index (χ3n) is 5.76. The van der Waals surface area contributed by atoms with Gasteiger partial charge in [0.15, 0.2) is 0 Å². The Morgan fingerprint density at radius 2 is 1.62 bits per heavy atom. The minimum atomic E-state index is -0.368. The van der Waals surface area contributed by atoms with Gasteiger partial charge < -0.3 is 15.4 Å². The van der Waals surface area contributed by atoms with Crippen molar-refractivity contribution in [1.82, 2.24) is 10.6 Å².